The third-order valence-electron chi connectivity index (χ3n) is 4.65. The van der Waals surface area contributed by atoms with E-state index in [0.29, 0.717) is 6.04 Å². The molecule has 2 aliphatic rings. The quantitative estimate of drug-likeness (QED) is 0.847. The molecule has 2 fully saturated rings. The SMILES string of the molecule is O=C(NC1C2CCCC1CCC2)c1ccccc1. The van der Waals surface area contributed by atoms with Crippen molar-refractivity contribution in [2.75, 3.05) is 0 Å². The monoisotopic (exact) mass is 243 g/mol. The molecule has 2 saturated carbocycles. The van der Waals surface area contributed by atoms with Crippen LogP contribution in [0, 0.1) is 11.8 Å². The van der Waals surface area contributed by atoms with Gasteiger partial charge in [0, 0.05) is 11.6 Å². The zero-order chi connectivity index (χ0) is 12.4. The van der Waals surface area contributed by atoms with Crippen LogP contribution in [0.4, 0.5) is 0 Å². The maximum Gasteiger partial charge on any atom is 0.251 e. The van der Waals surface area contributed by atoms with Crippen LogP contribution in [0.2, 0.25) is 0 Å². The van der Waals surface area contributed by atoms with Crippen molar-refractivity contribution in [1.29, 1.82) is 0 Å². The van der Waals surface area contributed by atoms with Crippen molar-refractivity contribution in [2.45, 2.75) is 44.6 Å². The molecule has 0 aliphatic heterocycles. The zero-order valence-electron chi connectivity index (χ0n) is 10.8. The third kappa shape index (κ3) is 2.29. The Morgan fingerprint density at radius 2 is 1.50 bits per heavy atom. The van der Waals surface area contributed by atoms with Gasteiger partial charge in [-0.2, -0.15) is 0 Å². The predicted octanol–water partition coefficient (Wildman–Crippen LogP) is 3.39. The number of carbonyl (C=O) groups excluding carboxylic acids is 1. The summed E-state index contributed by atoms with van der Waals surface area (Å²) in [6.45, 7) is 0. The van der Waals surface area contributed by atoms with Gasteiger partial charge >= 0.3 is 0 Å². The van der Waals surface area contributed by atoms with Gasteiger partial charge in [0.1, 0.15) is 0 Å². The summed E-state index contributed by atoms with van der Waals surface area (Å²) in [5.74, 6) is 1.56. The summed E-state index contributed by atoms with van der Waals surface area (Å²) in [5, 5.41) is 3.30. The van der Waals surface area contributed by atoms with Crippen molar-refractivity contribution in [2.24, 2.45) is 11.8 Å². The van der Waals surface area contributed by atoms with Crippen LogP contribution in [0.25, 0.3) is 0 Å². The highest BCUT2D eigenvalue weighted by Crippen LogP contribution is 2.40. The standard InChI is InChI=1S/C16H21NO/c18-16(14-6-2-1-3-7-14)17-15-12-8-4-9-13(15)11-5-10-12/h1-3,6-7,12-13,15H,4-5,8-11H2,(H,17,18). The van der Waals surface area contributed by atoms with Crippen LogP contribution in [0.15, 0.2) is 30.3 Å². The van der Waals surface area contributed by atoms with Crippen molar-refractivity contribution in [1.82, 2.24) is 5.32 Å². The summed E-state index contributed by atoms with van der Waals surface area (Å²) in [7, 11) is 0. The Morgan fingerprint density at radius 3 is 2.06 bits per heavy atom. The first-order chi connectivity index (χ1) is 8.84. The summed E-state index contributed by atoms with van der Waals surface area (Å²) < 4.78 is 0. The Hall–Kier alpha value is -1.31. The Bertz CT molecular complexity index is 392. The highest BCUT2D eigenvalue weighted by atomic mass is 16.1. The minimum absolute atomic E-state index is 0.111. The summed E-state index contributed by atoms with van der Waals surface area (Å²) in [5.41, 5.74) is 0.793. The van der Waals surface area contributed by atoms with E-state index < -0.39 is 0 Å². The van der Waals surface area contributed by atoms with Gasteiger partial charge < -0.3 is 5.32 Å². The highest BCUT2D eigenvalue weighted by Gasteiger charge is 2.36. The van der Waals surface area contributed by atoms with Gasteiger partial charge in [0.15, 0.2) is 0 Å². The van der Waals surface area contributed by atoms with E-state index in [2.05, 4.69) is 5.32 Å². The molecule has 1 amide bonds. The van der Waals surface area contributed by atoms with Gasteiger partial charge in [-0.3, -0.25) is 4.79 Å². The smallest absolute Gasteiger partial charge is 0.251 e. The molecule has 0 spiro atoms. The second kappa shape index (κ2) is 5.13. The number of fused-ring (bicyclic) bond motifs is 2. The third-order valence-corrected chi connectivity index (χ3v) is 4.65. The summed E-state index contributed by atoms with van der Waals surface area (Å²) >= 11 is 0. The molecule has 0 saturated heterocycles. The van der Waals surface area contributed by atoms with Gasteiger partial charge in [-0.05, 0) is 49.7 Å². The fourth-order valence-electron chi connectivity index (χ4n) is 3.74. The molecule has 0 aromatic heterocycles. The molecule has 3 rings (SSSR count). The second-order valence-electron chi connectivity index (χ2n) is 5.75. The fourth-order valence-corrected chi connectivity index (χ4v) is 3.74. The van der Waals surface area contributed by atoms with Gasteiger partial charge in [0.05, 0.1) is 0 Å². The number of hydrogen-bond acceptors (Lipinski definition) is 1. The summed E-state index contributed by atoms with van der Waals surface area (Å²) in [4.78, 5) is 12.2. The van der Waals surface area contributed by atoms with Gasteiger partial charge in [0.25, 0.3) is 5.91 Å². The normalized spacial score (nSPS) is 30.8. The first-order valence-electron chi connectivity index (χ1n) is 7.20. The lowest BCUT2D eigenvalue weighted by Crippen LogP contribution is -2.49. The Kier molecular flexibility index (Phi) is 3.35. The molecule has 0 unspecified atom stereocenters. The van der Waals surface area contributed by atoms with Crippen molar-refractivity contribution in [3.63, 3.8) is 0 Å². The number of benzene rings is 1. The Balaban J connectivity index is 1.70. The molecule has 1 aromatic rings. The lowest BCUT2D eigenvalue weighted by atomic mass is 9.68. The van der Waals surface area contributed by atoms with Gasteiger partial charge in [-0.25, -0.2) is 0 Å². The van der Waals surface area contributed by atoms with Crippen LogP contribution < -0.4 is 5.32 Å². The topological polar surface area (TPSA) is 29.1 Å². The average molecular weight is 243 g/mol. The fraction of sp³-hybridized carbons (Fsp3) is 0.562. The minimum atomic E-state index is 0.111. The molecule has 2 bridgehead atoms. The highest BCUT2D eigenvalue weighted by molar-refractivity contribution is 5.94. The number of hydrogen-bond donors (Lipinski definition) is 1. The molecule has 96 valence electrons. The van der Waals surface area contributed by atoms with Crippen LogP contribution in [-0.4, -0.2) is 11.9 Å². The lowest BCUT2D eigenvalue weighted by Gasteiger charge is -2.42. The maximum absolute atomic E-state index is 12.2. The first-order valence-corrected chi connectivity index (χ1v) is 7.20. The van der Waals surface area contributed by atoms with E-state index in [9.17, 15) is 4.79 Å². The van der Waals surface area contributed by atoms with Crippen molar-refractivity contribution < 1.29 is 4.79 Å². The van der Waals surface area contributed by atoms with E-state index in [-0.39, 0.29) is 5.91 Å². The van der Waals surface area contributed by atoms with Crippen LogP contribution in [0.1, 0.15) is 48.9 Å². The molecular weight excluding hydrogens is 222 g/mol. The van der Waals surface area contributed by atoms with Crippen LogP contribution in [0.3, 0.4) is 0 Å². The molecular formula is C16H21NO. The Morgan fingerprint density at radius 1 is 0.944 bits per heavy atom. The van der Waals surface area contributed by atoms with E-state index in [1.807, 2.05) is 30.3 Å². The van der Waals surface area contributed by atoms with Gasteiger partial charge in [-0.15, -0.1) is 0 Å². The summed E-state index contributed by atoms with van der Waals surface area (Å²) in [6.07, 6.45) is 7.92. The molecule has 0 atom stereocenters. The van der Waals surface area contributed by atoms with Crippen LogP contribution in [-0.2, 0) is 0 Å². The van der Waals surface area contributed by atoms with Crippen LogP contribution >= 0.6 is 0 Å². The van der Waals surface area contributed by atoms with Gasteiger partial charge in [0.2, 0.25) is 0 Å². The van der Waals surface area contributed by atoms with E-state index in [1.54, 1.807) is 0 Å². The molecule has 2 nitrogen and oxygen atoms in total. The number of amides is 1. The average Bonchev–Trinajstić information content (AvgIpc) is 2.39. The maximum atomic E-state index is 12.2. The molecule has 1 aromatic carbocycles. The van der Waals surface area contributed by atoms with E-state index >= 15 is 0 Å². The summed E-state index contributed by atoms with van der Waals surface area (Å²) in [6, 6.07) is 10.0. The molecule has 2 heteroatoms. The first kappa shape index (κ1) is 11.8. The molecule has 1 N–H and O–H groups in total. The Labute approximate surface area is 109 Å². The van der Waals surface area contributed by atoms with Gasteiger partial charge in [-0.1, -0.05) is 31.0 Å². The largest absolute Gasteiger partial charge is 0.349 e. The number of carbonyl (C=O) groups is 1. The van der Waals surface area contributed by atoms with Crippen molar-refractivity contribution in [3.8, 4) is 0 Å². The van der Waals surface area contributed by atoms with E-state index in [0.717, 1.165) is 17.4 Å². The zero-order valence-corrected chi connectivity index (χ0v) is 10.8. The number of nitrogens with one attached hydrogen (secondary N) is 1. The second-order valence-corrected chi connectivity index (χ2v) is 5.75. The number of rotatable bonds is 2. The molecule has 0 radical (unpaired) electrons. The lowest BCUT2D eigenvalue weighted by molar-refractivity contribution is 0.0789. The van der Waals surface area contributed by atoms with Crippen LogP contribution in [0.5, 0.6) is 0 Å². The van der Waals surface area contributed by atoms with E-state index in [4.69, 9.17) is 0 Å². The molecule has 0 heterocycles. The molecule has 18 heavy (non-hydrogen) atoms. The molecule has 2 aliphatic carbocycles. The van der Waals surface area contributed by atoms with Crippen molar-refractivity contribution >= 4 is 5.91 Å². The van der Waals surface area contributed by atoms with E-state index in [1.165, 1.54) is 38.5 Å². The predicted molar refractivity (Wildman–Crippen MR) is 72.4 cm³/mol. The minimum Gasteiger partial charge on any atom is -0.349 e. The van der Waals surface area contributed by atoms with Crippen molar-refractivity contribution in [3.05, 3.63) is 35.9 Å².